The summed E-state index contributed by atoms with van der Waals surface area (Å²) in [6.45, 7) is 1.17. The van der Waals surface area contributed by atoms with Gasteiger partial charge in [-0.05, 0) is 31.0 Å². The van der Waals surface area contributed by atoms with Crippen LogP contribution in [0.3, 0.4) is 0 Å². The first kappa shape index (κ1) is 14.5. The maximum absolute atomic E-state index is 12.1. The minimum Gasteiger partial charge on any atom is -0.478 e. The number of hydrogen-bond acceptors (Lipinski definition) is 4. The van der Waals surface area contributed by atoms with Crippen LogP contribution < -0.4 is 0 Å². The predicted octanol–water partition coefficient (Wildman–Crippen LogP) is 0.781. The molecule has 1 amide bonds. The number of nitrogens with zero attached hydrogens (tertiary/aromatic N) is 1. The summed E-state index contributed by atoms with van der Waals surface area (Å²) in [5.41, 5.74) is -0.111. The van der Waals surface area contributed by atoms with Gasteiger partial charge in [0.1, 0.15) is 5.75 Å². The third-order valence-corrected chi connectivity index (χ3v) is 4.81. The third kappa shape index (κ3) is 3.16. The van der Waals surface area contributed by atoms with Crippen LogP contribution in [0.2, 0.25) is 0 Å². The van der Waals surface area contributed by atoms with Crippen molar-refractivity contribution in [3.63, 3.8) is 0 Å². The van der Waals surface area contributed by atoms with Gasteiger partial charge >= 0.3 is 5.97 Å². The lowest BCUT2D eigenvalue weighted by atomic mass is 10.2. The Labute approximate surface area is 116 Å². The van der Waals surface area contributed by atoms with Crippen molar-refractivity contribution in [1.82, 2.24) is 4.90 Å². The van der Waals surface area contributed by atoms with Crippen LogP contribution in [0.15, 0.2) is 29.2 Å². The fourth-order valence-corrected chi connectivity index (χ4v) is 3.39. The summed E-state index contributed by atoms with van der Waals surface area (Å²) in [7, 11) is -3.81. The smallest absolute Gasteiger partial charge is 0.335 e. The monoisotopic (exact) mass is 297 g/mol. The van der Waals surface area contributed by atoms with Gasteiger partial charge in [0.05, 0.1) is 10.5 Å². The van der Waals surface area contributed by atoms with Crippen LogP contribution in [0.25, 0.3) is 0 Å². The van der Waals surface area contributed by atoms with Crippen LogP contribution in [-0.4, -0.2) is 49.1 Å². The van der Waals surface area contributed by atoms with Crippen molar-refractivity contribution in [1.29, 1.82) is 0 Å². The van der Waals surface area contributed by atoms with E-state index < -0.39 is 27.5 Å². The molecule has 1 fully saturated rings. The SMILES string of the molecule is O=C(O)c1cccc(S(=O)(=O)CC(=O)N2CCCC2)c1. The van der Waals surface area contributed by atoms with E-state index in [4.69, 9.17) is 5.11 Å². The maximum Gasteiger partial charge on any atom is 0.335 e. The molecule has 0 bridgehead atoms. The molecule has 0 unspecified atom stereocenters. The fourth-order valence-electron chi connectivity index (χ4n) is 2.13. The van der Waals surface area contributed by atoms with E-state index in [1.165, 1.54) is 23.1 Å². The summed E-state index contributed by atoms with van der Waals surface area (Å²) in [5, 5.41) is 8.86. The average Bonchev–Trinajstić information content (AvgIpc) is 2.92. The van der Waals surface area contributed by atoms with Crippen LogP contribution in [0, 0.1) is 0 Å². The second-order valence-corrected chi connectivity index (χ2v) is 6.67. The van der Waals surface area contributed by atoms with Crippen LogP contribution in [0.5, 0.6) is 0 Å². The average molecular weight is 297 g/mol. The Morgan fingerprint density at radius 2 is 1.85 bits per heavy atom. The molecular weight excluding hydrogens is 282 g/mol. The van der Waals surface area contributed by atoms with Crippen LogP contribution in [0.1, 0.15) is 23.2 Å². The summed E-state index contributed by atoms with van der Waals surface area (Å²) in [4.78, 5) is 24.1. The molecule has 1 aromatic carbocycles. The molecule has 1 aliphatic rings. The lowest BCUT2D eigenvalue weighted by Crippen LogP contribution is -2.33. The summed E-state index contributed by atoms with van der Waals surface area (Å²) in [5.74, 6) is -2.24. The van der Waals surface area contributed by atoms with Gasteiger partial charge in [-0.2, -0.15) is 0 Å². The second kappa shape index (κ2) is 5.62. The van der Waals surface area contributed by atoms with E-state index in [1.807, 2.05) is 0 Å². The van der Waals surface area contributed by atoms with E-state index in [2.05, 4.69) is 0 Å². The van der Waals surface area contributed by atoms with Gasteiger partial charge < -0.3 is 10.0 Å². The first-order valence-electron chi connectivity index (χ1n) is 6.24. The Kier molecular flexibility index (Phi) is 4.08. The van der Waals surface area contributed by atoms with Crippen molar-refractivity contribution < 1.29 is 23.1 Å². The zero-order chi connectivity index (χ0) is 14.8. The first-order chi connectivity index (χ1) is 9.40. The molecule has 1 heterocycles. The molecule has 0 spiro atoms. The number of benzene rings is 1. The number of carboxylic acid groups (broad SMARTS) is 1. The van der Waals surface area contributed by atoms with Crippen LogP contribution >= 0.6 is 0 Å². The van der Waals surface area contributed by atoms with Crippen molar-refractivity contribution in [2.45, 2.75) is 17.7 Å². The predicted molar refractivity (Wildman–Crippen MR) is 71.3 cm³/mol. The highest BCUT2D eigenvalue weighted by molar-refractivity contribution is 7.92. The molecule has 0 aromatic heterocycles. The Morgan fingerprint density at radius 1 is 1.20 bits per heavy atom. The molecule has 20 heavy (non-hydrogen) atoms. The van der Waals surface area contributed by atoms with Gasteiger partial charge in [-0.3, -0.25) is 4.79 Å². The lowest BCUT2D eigenvalue weighted by Gasteiger charge is -2.15. The normalized spacial score (nSPS) is 15.3. The van der Waals surface area contributed by atoms with Crippen molar-refractivity contribution in [3.05, 3.63) is 29.8 Å². The number of carboxylic acids is 1. The van der Waals surface area contributed by atoms with Crippen molar-refractivity contribution in [2.24, 2.45) is 0 Å². The highest BCUT2D eigenvalue weighted by Crippen LogP contribution is 2.16. The number of sulfone groups is 1. The largest absolute Gasteiger partial charge is 0.478 e. The van der Waals surface area contributed by atoms with Gasteiger partial charge in [0.25, 0.3) is 0 Å². The van der Waals surface area contributed by atoms with Crippen molar-refractivity contribution >= 4 is 21.7 Å². The first-order valence-corrected chi connectivity index (χ1v) is 7.89. The molecule has 2 rings (SSSR count). The van der Waals surface area contributed by atoms with E-state index in [9.17, 15) is 18.0 Å². The van der Waals surface area contributed by atoms with Gasteiger partial charge in [-0.15, -0.1) is 0 Å². The quantitative estimate of drug-likeness (QED) is 0.886. The molecule has 108 valence electrons. The zero-order valence-corrected chi connectivity index (χ0v) is 11.6. The molecule has 1 N–H and O–H groups in total. The topological polar surface area (TPSA) is 91.7 Å². The molecule has 7 heteroatoms. The van der Waals surface area contributed by atoms with E-state index in [1.54, 1.807) is 0 Å². The standard InChI is InChI=1S/C13H15NO5S/c15-12(14-6-1-2-7-14)9-20(18,19)11-5-3-4-10(8-11)13(16)17/h3-5,8H,1-2,6-7,9H2,(H,16,17). The Morgan fingerprint density at radius 3 is 2.45 bits per heavy atom. The number of aromatic carboxylic acids is 1. The molecule has 0 atom stereocenters. The molecule has 0 saturated carbocycles. The zero-order valence-electron chi connectivity index (χ0n) is 10.8. The number of hydrogen-bond donors (Lipinski definition) is 1. The van der Waals surface area contributed by atoms with E-state index in [0.29, 0.717) is 13.1 Å². The maximum atomic E-state index is 12.1. The van der Waals surface area contributed by atoms with Gasteiger partial charge in [0.15, 0.2) is 9.84 Å². The van der Waals surface area contributed by atoms with Gasteiger partial charge in [-0.1, -0.05) is 6.07 Å². The molecule has 1 saturated heterocycles. The molecule has 1 aromatic rings. The summed E-state index contributed by atoms with van der Waals surface area (Å²) in [6, 6.07) is 5.05. The van der Waals surface area contributed by atoms with Gasteiger partial charge in [0.2, 0.25) is 5.91 Å². The third-order valence-electron chi connectivity index (χ3n) is 3.21. The lowest BCUT2D eigenvalue weighted by molar-refractivity contribution is -0.127. The van der Waals surface area contributed by atoms with Crippen LogP contribution in [0.4, 0.5) is 0 Å². The van der Waals surface area contributed by atoms with E-state index in [0.717, 1.165) is 18.9 Å². The number of carbonyl (C=O) groups excluding carboxylic acids is 1. The number of amides is 1. The molecule has 0 radical (unpaired) electrons. The number of rotatable bonds is 4. The van der Waals surface area contributed by atoms with Gasteiger partial charge in [0, 0.05) is 13.1 Å². The Hall–Kier alpha value is -1.89. The minimum absolute atomic E-state index is 0.111. The summed E-state index contributed by atoms with van der Waals surface area (Å²) < 4.78 is 24.3. The Bertz CT molecular complexity index is 632. The fraction of sp³-hybridized carbons (Fsp3) is 0.385. The number of likely N-dealkylation sites (tertiary alicyclic amines) is 1. The summed E-state index contributed by atoms with van der Waals surface area (Å²) in [6.07, 6.45) is 1.78. The molecular formula is C13H15NO5S. The number of carbonyl (C=O) groups is 2. The van der Waals surface area contributed by atoms with Gasteiger partial charge in [-0.25, -0.2) is 13.2 Å². The molecule has 6 nitrogen and oxygen atoms in total. The Balaban J connectivity index is 2.19. The van der Waals surface area contributed by atoms with E-state index in [-0.39, 0.29) is 10.5 Å². The van der Waals surface area contributed by atoms with Crippen molar-refractivity contribution in [2.75, 3.05) is 18.8 Å². The van der Waals surface area contributed by atoms with Crippen molar-refractivity contribution in [3.8, 4) is 0 Å². The highest BCUT2D eigenvalue weighted by atomic mass is 32.2. The molecule has 0 aliphatic carbocycles. The highest BCUT2D eigenvalue weighted by Gasteiger charge is 2.25. The minimum atomic E-state index is -3.81. The second-order valence-electron chi connectivity index (χ2n) is 4.68. The van der Waals surface area contributed by atoms with E-state index >= 15 is 0 Å². The summed E-state index contributed by atoms with van der Waals surface area (Å²) >= 11 is 0. The molecule has 1 aliphatic heterocycles. The van der Waals surface area contributed by atoms with Crippen LogP contribution in [-0.2, 0) is 14.6 Å².